The van der Waals surface area contributed by atoms with E-state index in [0.717, 1.165) is 3.97 Å². The number of thiocarbonyl (C=S) groups is 1. The second-order valence-electron chi connectivity index (χ2n) is 7.57. The number of thioether (sulfide) groups is 1. The number of hydrogen-bond donors (Lipinski definition) is 1. The molecule has 1 unspecified atom stereocenters. The van der Waals surface area contributed by atoms with Gasteiger partial charge in [0.15, 0.2) is 0 Å². The molecule has 3 aromatic rings. The number of rotatable bonds is 6. The van der Waals surface area contributed by atoms with E-state index >= 15 is 0 Å². The highest BCUT2D eigenvalue weighted by atomic mass is 32.2. The van der Waals surface area contributed by atoms with Crippen LogP contribution in [0.25, 0.3) is 10.9 Å². The first-order chi connectivity index (χ1) is 15.2. The number of benzene rings is 2. The van der Waals surface area contributed by atoms with E-state index in [2.05, 4.69) is 0 Å². The highest BCUT2D eigenvalue weighted by Crippen LogP contribution is 2.40. The van der Waals surface area contributed by atoms with E-state index in [9.17, 15) is 12.8 Å². The Balaban J connectivity index is 1.68. The normalized spacial score (nSPS) is 18.8. The lowest BCUT2D eigenvalue weighted by Crippen LogP contribution is -2.40. The summed E-state index contributed by atoms with van der Waals surface area (Å²) in [6.07, 6.45) is 6.39. The molecule has 2 aromatic carbocycles. The maximum atomic E-state index is 14.9. The first-order valence-corrected chi connectivity index (χ1v) is 12.8. The van der Waals surface area contributed by atoms with Crippen molar-refractivity contribution < 1.29 is 17.5 Å². The smallest absolute Gasteiger partial charge is 0.251 e. The van der Waals surface area contributed by atoms with Gasteiger partial charge in [-0.05, 0) is 62.1 Å². The number of nitrogens with two attached hydrogens (primary N) is 1. The van der Waals surface area contributed by atoms with E-state index < -0.39 is 20.6 Å². The molecule has 4 rings (SSSR count). The van der Waals surface area contributed by atoms with Crippen LogP contribution in [0.3, 0.4) is 0 Å². The van der Waals surface area contributed by atoms with Crippen LogP contribution in [0.15, 0.2) is 77.6 Å². The van der Waals surface area contributed by atoms with E-state index in [4.69, 9.17) is 22.7 Å². The van der Waals surface area contributed by atoms with E-state index in [1.54, 1.807) is 54.6 Å². The summed E-state index contributed by atoms with van der Waals surface area (Å²) in [6.45, 7) is 1.42. The lowest BCUT2D eigenvalue weighted by atomic mass is 10.0. The average molecular weight is 489 g/mol. The predicted molar refractivity (Wildman–Crippen MR) is 132 cm³/mol. The Morgan fingerprint density at radius 1 is 1.22 bits per heavy atom. The van der Waals surface area contributed by atoms with Crippen LogP contribution in [-0.2, 0) is 10.0 Å². The fraction of sp³-hybridized carbons (Fsp3) is 0.174. The molecule has 0 amide bonds. The third kappa shape index (κ3) is 3.85. The van der Waals surface area contributed by atoms with Crippen molar-refractivity contribution in [3.63, 3.8) is 0 Å². The van der Waals surface area contributed by atoms with Crippen LogP contribution < -0.4 is 10.5 Å². The number of ether oxygens (including phenoxy) is 1. The van der Waals surface area contributed by atoms with Gasteiger partial charge in [0, 0.05) is 22.1 Å². The molecular weight excluding hydrogens is 467 g/mol. The lowest BCUT2D eigenvalue weighted by molar-refractivity contribution is 0.476. The Morgan fingerprint density at radius 3 is 2.66 bits per heavy atom. The van der Waals surface area contributed by atoms with Gasteiger partial charge in [-0.2, -0.15) is 0 Å². The minimum Gasteiger partial charge on any atom is -0.457 e. The Hall–Kier alpha value is -2.62. The second kappa shape index (κ2) is 8.38. The van der Waals surface area contributed by atoms with Gasteiger partial charge in [0.25, 0.3) is 10.0 Å². The number of hydrogen-bond acceptors (Lipinski definition) is 5. The van der Waals surface area contributed by atoms with Crippen molar-refractivity contribution in [2.75, 3.05) is 6.26 Å². The standard InChI is InChI=1S/C23H21FN2O3S3/c1-23(10-8-19(31-2)14-21(23)24)32(27,28)26-11-9-15-12-18(6-7-20(15)26)29-17-5-3-4-16(13-17)22(25)30/h3-9,11-14H,10H2,1-2H3,(H2,25,30). The Labute approximate surface area is 195 Å². The topological polar surface area (TPSA) is 74.3 Å². The van der Waals surface area contributed by atoms with Crippen LogP contribution in [0, 0.1) is 0 Å². The first kappa shape index (κ1) is 22.6. The van der Waals surface area contributed by atoms with Gasteiger partial charge in [0.2, 0.25) is 0 Å². The molecule has 1 heterocycles. The SMILES string of the molecule is CSC1=CCC(C)(S(=O)(=O)n2ccc3cc(Oc4cccc(C(N)=S)c4)ccc32)C(F)=C1. The minimum absolute atomic E-state index is 0.0635. The maximum absolute atomic E-state index is 14.9. The molecule has 0 spiro atoms. The van der Waals surface area contributed by atoms with Gasteiger partial charge in [-0.15, -0.1) is 11.8 Å². The summed E-state index contributed by atoms with van der Waals surface area (Å²) in [5.41, 5.74) is 6.80. The van der Waals surface area contributed by atoms with Gasteiger partial charge in [-0.25, -0.2) is 16.8 Å². The summed E-state index contributed by atoms with van der Waals surface area (Å²) >= 11 is 6.38. The number of allylic oxidation sites excluding steroid dienone is 2. The summed E-state index contributed by atoms with van der Waals surface area (Å²) < 4.78 is 47.2. The summed E-state index contributed by atoms with van der Waals surface area (Å²) in [7, 11) is -4.06. The highest BCUT2D eigenvalue weighted by molar-refractivity contribution is 8.02. The fourth-order valence-corrected chi connectivity index (χ4v) is 5.81. The Kier molecular flexibility index (Phi) is 5.91. The monoisotopic (exact) mass is 488 g/mol. The molecule has 5 nitrogen and oxygen atoms in total. The van der Waals surface area contributed by atoms with Gasteiger partial charge in [-0.3, -0.25) is 0 Å². The molecule has 0 aliphatic heterocycles. The van der Waals surface area contributed by atoms with Gasteiger partial charge in [-0.1, -0.05) is 30.4 Å². The largest absolute Gasteiger partial charge is 0.457 e. The molecule has 9 heteroatoms. The number of fused-ring (bicyclic) bond motifs is 1. The first-order valence-electron chi connectivity index (χ1n) is 9.71. The molecule has 1 aliphatic carbocycles. The van der Waals surface area contributed by atoms with E-state index in [-0.39, 0.29) is 11.4 Å². The zero-order valence-corrected chi connectivity index (χ0v) is 19.9. The van der Waals surface area contributed by atoms with E-state index in [1.165, 1.54) is 31.0 Å². The van der Waals surface area contributed by atoms with Crippen LogP contribution in [0.1, 0.15) is 18.9 Å². The lowest BCUT2D eigenvalue weighted by Gasteiger charge is -2.30. The summed E-state index contributed by atoms with van der Waals surface area (Å²) in [5.74, 6) is 0.416. The van der Waals surface area contributed by atoms with Crippen molar-refractivity contribution >= 4 is 49.9 Å². The Bertz CT molecular complexity index is 1390. The second-order valence-corrected chi connectivity index (χ2v) is 11.1. The molecule has 0 saturated heterocycles. The third-order valence-corrected chi connectivity index (χ3v) is 8.84. The van der Waals surface area contributed by atoms with Crippen molar-refractivity contribution in [2.24, 2.45) is 5.73 Å². The number of aromatic nitrogens is 1. The molecule has 166 valence electrons. The predicted octanol–water partition coefficient (Wildman–Crippen LogP) is 5.51. The van der Waals surface area contributed by atoms with Gasteiger partial charge >= 0.3 is 0 Å². The molecule has 0 fully saturated rings. The third-order valence-electron chi connectivity index (χ3n) is 5.51. The average Bonchev–Trinajstić information content (AvgIpc) is 3.19. The molecule has 1 atom stereocenters. The molecule has 0 bridgehead atoms. The molecule has 2 N–H and O–H groups in total. The summed E-state index contributed by atoms with van der Waals surface area (Å²) in [6, 6.07) is 13.8. The van der Waals surface area contributed by atoms with Crippen molar-refractivity contribution in [1.29, 1.82) is 0 Å². The fourth-order valence-electron chi connectivity index (χ4n) is 3.53. The van der Waals surface area contributed by atoms with Crippen LogP contribution in [-0.4, -0.2) is 28.4 Å². The Morgan fingerprint density at radius 2 is 1.97 bits per heavy atom. The van der Waals surface area contributed by atoms with Gasteiger partial charge in [0.05, 0.1) is 5.52 Å². The van der Waals surface area contributed by atoms with E-state index in [0.29, 0.717) is 32.9 Å². The van der Waals surface area contributed by atoms with Gasteiger partial charge in [0.1, 0.15) is 27.1 Å². The zero-order valence-electron chi connectivity index (χ0n) is 17.4. The van der Waals surface area contributed by atoms with Crippen LogP contribution in [0.5, 0.6) is 11.5 Å². The van der Waals surface area contributed by atoms with E-state index in [1.807, 2.05) is 6.26 Å². The van der Waals surface area contributed by atoms with Gasteiger partial charge < -0.3 is 10.5 Å². The van der Waals surface area contributed by atoms with Crippen LogP contribution in [0.4, 0.5) is 4.39 Å². The molecule has 1 aromatic heterocycles. The molecular formula is C23H21FN2O3S3. The summed E-state index contributed by atoms with van der Waals surface area (Å²) in [4.78, 5) is 0.985. The zero-order chi connectivity index (χ0) is 23.1. The van der Waals surface area contributed by atoms with Crippen LogP contribution in [0.2, 0.25) is 0 Å². The highest BCUT2D eigenvalue weighted by Gasteiger charge is 2.46. The number of nitrogens with zero attached hydrogens (tertiary/aromatic N) is 1. The molecule has 0 saturated carbocycles. The molecule has 1 aliphatic rings. The van der Waals surface area contributed by atoms with Crippen molar-refractivity contribution in [3.8, 4) is 11.5 Å². The maximum Gasteiger partial charge on any atom is 0.251 e. The number of halogens is 1. The van der Waals surface area contributed by atoms with Crippen molar-refractivity contribution in [3.05, 3.63) is 83.2 Å². The van der Waals surface area contributed by atoms with Crippen molar-refractivity contribution in [2.45, 2.75) is 18.1 Å². The summed E-state index contributed by atoms with van der Waals surface area (Å²) in [5, 5.41) is 0.653. The van der Waals surface area contributed by atoms with Crippen LogP contribution >= 0.6 is 24.0 Å². The minimum atomic E-state index is -4.06. The molecule has 0 radical (unpaired) electrons. The van der Waals surface area contributed by atoms with Crippen molar-refractivity contribution in [1.82, 2.24) is 3.97 Å². The quantitative estimate of drug-likeness (QED) is 0.461. The molecule has 32 heavy (non-hydrogen) atoms.